The smallest absolute Gasteiger partial charge is 0.407 e. The number of ether oxygens (including phenoxy) is 2. The van der Waals surface area contributed by atoms with Crippen molar-refractivity contribution >= 4 is 40.3 Å². The number of hydrogen-bond donors (Lipinski definition) is 1. The Bertz CT molecular complexity index is 1820. The van der Waals surface area contributed by atoms with E-state index in [2.05, 4.69) is 20.9 Å². The fourth-order valence-corrected chi connectivity index (χ4v) is 7.31. The summed E-state index contributed by atoms with van der Waals surface area (Å²) in [6.45, 7) is 9.82. The number of para-hydroxylation sites is 3. The highest BCUT2D eigenvalue weighted by Gasteiger charge is 2.31. The molecule has 3 aromatic carbocycles. The molecule has 0 aliphatic carbocycles. The minimum absolute atomic E-state index is 0.000720. The van der Waals surface area contributed by atoms with Crippen LogP contribution in [0.25, 0.3) is 11.0 Å². The third-order valence-electron chi connectivity index (χ3n) is 9.77. The molecule has 2 aliphatic heterocycles. The zero-order chi connectivity index (χ0) is 36.7. The second-order valence-corrected chi connectivity index (χ2v) is 14.9. The van der Waals surface area contributed by atoms with Crippen LogP contribution in [0.4, 0.5) is 16.2 Å². The van der Waals surface area contributed by atoms with Gasteiger partial charge in [0.15, 0.2) is 0 Å². The van der Waals surface area contributed by atoms with Gasteiger partial charge in [-0.25, -0.2) is 9.78 Å². The predicted molar refractivity (Wildman–Crippen MR) is 204 cm³/mol. The number of likely N-dealkylation sites (tertiary alicyclic amines) is 1. The number of piperazine rings is 1. The number of nitrogens with one attached hydrogen (secondary N) is 1. The van der Waals surface area contributed by atoms with Crippen LogP contribution in [0.3, 0.4) is 0 Å². The highest BCUT2D eigenvalue weighted by atomic mass is 16.6. The Hall–Kier alpha value is -4.90. The van der Waals surface area contributed by atoms with E-state index in [1.807, 2.05) is 103 Å². The number of piperidine rings is 1. The number of methoxy groups -OCH3 is 1. The maximum Gasteiger partial charge on any atom is 0.407 e. The molecule has 1 aromatic heterocycles. The topological polar surface area (TPSA) is 109 Å². The molecule has 0 radical (unpaired) electrons. The molecule has 4 aromatic rings. The van der Waals surface area contributed by atoms with Gasteiger partial charge in [0.05, 0.1) is 17.6 Å². The molecule has 276 valence electrons. The van der Waals surface area contributed by atoms with Gasteiger partial charge in [-0.1, -0.05) is 42.5 Å². The average Bonchev–Trinajstić information content (AvgIpc) is 3.50. The molecule has 3 heterocycles. The fourth-order valence-electron chi connectivity index (χ4n) is 7.31. The number of hydrogen-bond acceptors (Lipinski definition) is 7. The van der Waals surface area contributed by atoms with Gasteiger partial charge in [0.2, 0.25) is 11.8 Å². The molecule has 11 heteroatoms. The van der Waals surface area contributed by atoms with Gasteiger partial charge in [-0.05, 0) is 88.4 Å². The Morgan fingerprint density at radius 1 is 0.942 bits per heavy atom. The number of aryl methyl sites for hydroxylation is 1. The Morgan fingerprint density at radius 3 is 2.42 bits per heavy atom. The van der Waals surface area contributed by atoms with Crippen LogP contribution < -0.4 is 15.1 Å². The lowest BCUT2D eigenvalue weighted by molar-refractivity contribution is -0.133. The van der Waals surface area contributed by atoms with E-state index in [0.29, 0.717) is 39.2 Å². The van der Waals surface area contributed by atoms with Crippen molar-refractivity contribution in [3.63, 3.8) is 0 Å². The number of amides is 3. The Balaban J connectivity index is 1.12. The number of imidazole rings is 1. The third kappa shape index (κ3) is 9.30. The number of rotatable bonds is 12. The molecule has 6 rings (SSSR count). The molecule has 0 spiro atoms. The van der Waals surface area contributed by atoms with Crippen molar-refractivity contribution in [3.8, 4) is 0 Å². The van der Waals surface area contributed by atoms with Crippen molar-refractivity contribution in [1.82, 2.24) is 19.8 Å². The summed E-state index contributed by atoms with van der Waals surface area (Å²) in [5.74, 6) is 1.18. The van der Waals surface area contributed by atoms with Crippen LogP contribution in [0.1, 0.15) is 63.8 Å². The van der Waals surface area contributed by atoms with E-state index in [1.165, 1.54) is 0 Å². The van der Waals surface area contributed by atoms with Crippen LogP contribution in [0, 0.1) is 0 Å². The first-order chi connectivity index (χ1) is 25.1. The molecule has 3 amide bonds. The highest BCUT2D eigenvalue weighted by Crippen LogP contribution is 2.30. The molecule has 2 fully saturated rings. The lowest BCUT2D eigenvalue weighted by atomic mass is 9.95. The Morgan fingerprint density at radius 2 is 1.69 bits per heavy atom. The van der Waals surface area contributed by atoms with Crippen molar-refractivity contribution in [2.24, 2.45) is 0 Å². The highest BCUT2D eigenvalue weighted by molar-refractivity contribution is 5.97. The second kappa shape index (κ2) is 16.6. The Kier molecular flexibility index (Phi) is 11.8. The quantitative estimate of drug-likeness (QED) is 0.176. The van der Waals surface area contributed by atoms with E-state index in [1.54, 1.807) is 7.11 Å². The Labute approximate surface area is 306 Å². The van der Waals surface area contributed by atoms with E-state index in [0.717, 1.165) is 66.1 Å². The fraction of sp³-hybridized carbons (Fsp3) is 0.463. The number of fused-ring (bicyclic) bond motifs is 1. The molecular weight excluding hydrogens is 656 g/mol. The summed E-state index contributed by atoms with van der Waals surface area (Å²) < 4.78 is 13.2. The number of nitrogens with zero attached hydrogens (tertiary/aromatic N) is 5. The first kappa shape index (κ1) is 36.9. The molecule has 1 N–H and O–H groups in total. The van der Waals surface area contributed by atoms with Gasteiger partial charge in [0.1, 0.15) is 11.4 Å². The van der Waals surface area contributed by atoms with Crippen molar-refractivity contribution in [1.29, 1.82) is 0 Å². The minimum atomic E-state index is -0.670. The number of anilines is 2. The van der Waals surface area contributed by atoms with E-state index < -0.39 is 17.7 Å². The number of alkyl carbamates (subject to hydrolysis) is 1. The summed E-state index contributed by atoms with van der Waals surface area (Å²) >= 11 is 0. The van der Waals surface area contributed by atoms with Crippen molar-refractivity contribution in [2.75, 3.05) is 56.2 Å². The standard InChI is InChI=1S/C41H52N6O5/c1-41(2,3)52-40(50)42-32(26-30-17-19-33(20-18-30)44-23-24-46(38(49)29-44)34-13-6-5-7-14-34)27-37(48)45-21-10-12-31(28-45)39-43-35-15-8-9-16-36(35)47(39)22-11-25-51-4/h5-9,13-20,31-32H,10-12,21-29H2,1-4H3,(H,42,50). The SMILES string of the molecule is COCCCn1c(C2CCCN(C(=O)CC(Cc3ccc(N4CCN(c5ccccc5)C(=O)C4)cc3)NC(=O)OC(C)(C)C)C2)nc2ccccc21. The molecule has 2 saturated heterocycles. The van der Waals surface area contributed by atoms with E-state index >= 15 is 0 Å². The van der Waals surface area contributed by atoms with Crippen LogP contribution in [0.5, 0.6) is 0 Å². The summed E-state index contributed by atoms with van der Waals surface area (Å²) in [5.41, 5.74) is 4.26. The summed E-state index contributed by atoms with van der Waals surface area (Å²) in [6, 6.07) is 25.5. The maximum atomic E-state index is 14.0. The summed E-state index contributed by atoms with van der Waals surface area (Å²) in [5, 5.41) is 3.00. The number of carbonyl (C=O) groups excluding carboxylic acids is 3. The van der Waals surface area contributed by atoms with Gasteiger partial charge < -0.3 is 34.1 Å². The molecule has 2 atom stereocenters. The number of aromatic nitrogens is 2. The molecule has 2 aliphatic rings. The summed E-state index contributed by atoms with van der Waals surface area (Å²) in [6.07, 6.45) is 2.77. The van der Waals surface area contributed by atoms with Gasteiger partial charge in [0, 0.05) is 76.2 Å². The predicted octanol–water partition coefficient (Wildman–Crippen LogP) is 6.16. The maximum absolute atomic E-state index is 14.0. The van der Waals surface area contributed by atoms with Gasteiger partial charge >= 0.3 is 6.09 Å². The van der Waals surface area contributed by atoms with Crippen LogP contribution in [-0.4, -0.2) is 90.4 Å². The van der Waals surface area contributed by atoms with E-state index in [4.69, 9.17) is 14.5 Å². The van der Waals surface area contributed by atoms with Crippen LogP contribution >= 0.6 is 0 Å². The summed E-state index contributed by atoms with van der Waals surface area (Å²) in [4.78, 5) is 50.9. The first-order valence-electron chi connectivity index (χ1n) is 18.5. The number of benzene rings is 3. The molecule has 2 unspecified atom stereocenters. The first-order valence-corrected chi connectivity index (χ1v) is 18.5. The average molecular weight is 709 g/mol. The molecule has 52 heavy (non-hydrogen) atoms. The lowest BCUT2D eigenvalue weighted by Gasteiger charge is -2.35. The van der Waals surface area contributed by atoms with Crippen molar-refractivity contribution in [2.45, 2.75) is 77.0 Å². The van der Waals surface area contributed by atoms with Gasteiger partial charge in [-0.3, -0.25) is 9.59 Å². The van der Waals surface area contributed by atoms with Crippen LogP contribution in [0.2, 0.25) is 0 Å². The normalized spacial score (nSPS) is 17.3. The summed E-state index contributed by atoms with van der Waals surface area (Å²) in [7, 11) is 1.72. The molecule has 0 bridgehead atoms. The zero-order valence-corrected chi connectivity index (χ0v) is 30.9. The largest absolute Gasteiger partial charge is 0.444 e. The second-order valence-electron chi connectivity index (χ2n) is 14.9. The number of carbonyl (C=O) groups is 3. The molecule has 11 nitrogen and oxygen atoms in total. The monoisotopic (exact) mass is 708 g/mol. The van der Waals surface area contributed by atoms with Gasteiger partial charge in [0.25, 0.3) is 0 Å². The zero-order valence-electron chi connectivity index (χ0n) is 30.9. The van der Waals surface area contributed by atoms with E-state index in [9.17, 15) is 14.4 Å². The van der Waals surface area contributed by atoms with E-state index in [-0.39, 0.29) is 24.2 Å². The van der Waals surface area contributed by atoms with Crippen LogP contribution in [0.15, 0.2) is 78.9 Å². The van der Waals surface area contributed by atoms with Gasteiger partial charge in [-0.15, -0.1) is 0 Å². The lowest BCUT2D eigenvalue weighted by Crippen LogP contribution is -2.50. The minimum Gasteiger partial charge on any atom is -0.444 e. The van der Waals surface area contributed by atoms with Gasteiger partial charge in [-0.2, -0.15) is 0 Å². The van der Waals surface area contributed by atoms with Crippen LogP contribution in [-0.2, 0) is 32.0 Å². The van der Waals surface area contributed by atoms with Crippen molar-refractivity contribution in [3.05, 3.63) is 90.3 Å². The molecule has 0 saturated carbocycles. The van der Waals surface area contributed by atoms with Crippen molar-refractivity contribution < 1.29 is 23.9 Å². The molecular formula is C41H52N6O5. The third-order valence-corrected chi connectivity index (χ3v) is 9.77.